The number of benzene rings is 1. The van der Waals surface area contributed by atoms with Crippen molar-refractivity contribution in [3.8, 4) is 0 Å². The largest absolute Gasteiger partial charge is 0.468 e. The first-order valence-corrected chi connectivity index (χ1v) is 4.85. The molecule has 0 radical (unpaired) electrons. The fraction of sp³-hybridized carbons (Fsp3) is 0.364. The van der Waals surface area contributed by atoms with E-state index >= 15 is 0 Å². The van der Waals surface area contributed by atoms with Gasteiger partial charge in [-0.15, -0.1) is 0 Å². The summed E-state index contributed by atoms with van der Waals surface area (Å²) in [4.78, 5) is 11.1. The van der Waals surface area contributed by atoms with Crippen molar-refractivity contribution >= 4 is 5.97 Å². The van der Waals surface area contributed by atoms with Crippen LogP contribution < -0.4 is 5.73 Å². The third-order valence-corrected chi connectivity index (χ3v) is 2.28. The van der Waals surface area contributed by atoms with E-state index in [2.05, 4.69) is 4.74 Å². The van der Waals surface area contributed by atoms with Crippen LogP contribution in [0.5, 0.6) is 0 Å². The highest BCUT2D eigenvalue weighted by molar-refractivity contribution is 5.75. The number of hydrogen-bond acceptors (Lipinski definition) is 3. The molecule has 0 spiro atoms. The minimum absolute atomic E-state index is 0.0119. The molecule has 0 aliphatic carbocycles. The molecule has 0 saturated heterocycles. The van der Waals surface area contributed by atoms with Gasteiger partial charge in [-0.25, -0.2) is 13.2 Å². The third kappa shape index (κ3) is 3.45. The normalized spacial score (nSPS) is 12.6. The second-order valence-corrected chi connectivity index (χ2v) is 3.48. The van der Waals surface area contributed by atoms with E-state index in [9.17, 15) is 18.0 Å². The molecular weight excluding hydrogens is 235 g/mol. The van der Waals surface area contributed by atoms with Crippen LogP contribution in [0.15, 0.2) is 18.2 Å². The number of rotatable bonds is 4. The van der Waals surface area contributed by atoms with Crippen LogP contribution in [0, 0.1) is 5.82 Å². The molecule has 1 atom stereocenters. The Morgan fingerprint density at radius 2 is 2.12 bits per heavy atom. The van der Waals surface area contributed by atoms with Crippen LogP contribution in [0.2, 0.25) is 0 Å². The number of carbonyl (C=O) groups is 1. The number of ether oxygens (including phenoxy) is 1. The van der Waals surface area contributed by atoms with E-state index in [4.69, 9.17) is 5.73 Å². The quantitative estimate of drug-likeness (QED) is 0.825. The molecule has 0 aromatic heterocycles. The van der Waals surface area contributed by atoms with Gasteiger partial charge in [-0.3, -0.25) is 4.79 Å². The lowest BCUT2D eigenvalue weighted by Gasteiger charge is -2.12. The highest BCUT2D eigenvalue weighted by Gasteiger charge is 2.20. The zero-order chi connectivity index (χ0) is 13.0. The number of esters is 1. The van der Waals surface area contributed by atoms with E-state index in [1.54, 1.807) is 0 Å². The van der Waals surface area contributed by atoms with Crippen molar-refractivity contribution in [1.29, 1.82) is 0 Å². The Morgan fingerprint density at radius 1 is 1.47 bits per heavy atom. The highest BCUT2D eigenvalue weighted by atomic mass is 19.3. The first kappa shape index (κ1) is 13.5. The molecule has 1 rings (SSSR count). The number of methoxy groups -OCH3 is 1. The molecule has 0 amide bonds. The molecule has 3 nitrogen and oxygen atoms in total. The average Bonchev–Trinajstić information content (AvgIpc) is 2.27. The molecule has 0 aliphatic heterocycles. The monoisotopic (exact) mass is 247 g/mol. The Bertz CT molecular complexity index is 410. The first-order valence-electron chi connectivity index (χ1n) is 4.85. The Labute approximate surface area is 96.4 Å². The van der Waals surface area contributed by atoms with E-state index in [0.29, 0.717) is 0 Å². The average molecular weight is 247 g/mol. The van der Waals surface area contributed by atoms with Gasteiger partial charge in [0.15, 0.2) is 0 Å². The summed E-state index contributed by atoms with van der Waals surface area (Å²) < 4.78 is 42.5. The molecular formula is C11H12F3NO2. The molecule has 1 aromatic carbocycles. The lowest BCUT2D eigenvalue weighted by atomic mass is 10.0. The molecule has 0 aliphatic rings. The van der Waals surface area contributed by atoms with E-state index in [0.717, 1.165) is 25.3 Å². The van der Waals surface area contributed by atoms with Crippen molar-refractivity contribution in [1.82, 2.24) is 0 Å². The summed E-state index contributed by atoms with van der Waals surface area (Å²) in [5.41, 5.74) is 5.12. The topological polar surface area (TPSA) is 52.3 Å². The summed E-state index contributed by atoms with van der Waals surface area (Å²) in [6, 6.07) is 1.79. The van der Waals surface area contributed by atoms with Gasteiger partial charge in [-0.2, -0.15) is 0 Å². The van der Waals surface area contributed by atoms with Gasteiger partial charge < -0.3 is 10.5 Å². The highest BCUT2D eigenvalue weighted by Crippen LogP contribution is 2.24. The van der Waals surface area contributed by atoms with Crippen molar-refractivity contribution < 1.29 is 22.7 Å². The van der Waals surface area contributed by atoms with Crippen LogP contribution in [-0.4, -0.2) is 19.1 Å². The van der Waals surface area contributed by atoms with Gasteiger partial charge in [0.1, 0.15) is 11.9 Å². The second-order valence-electron chi connectivity index (χ2n) is 3.48. The zero-order valence-electron chi connectivity index (χ0n) is 9.12. The van der Waals surface area contributed by atoms with Crippen LogP contribution in [0.25, 0.3) is 0 Å². The number of carbonyl (C=O) groups excluding carboxylic acids is 1. The molecule has 1 aromatic rings. The summed E-state index contributed by atoms with van der Waals surface area (Å²) in [6.45, 7) is 0. The van der Waals surface area contributed by atoms with Crippen molar-refractivity contribution in [3.05, 3.63) is 35.1 Å². The molecule has 0 saturated carbocycles. The lowest BCUT2D eigenvalue weighted by Crippen LogP contribution is -2.34. The van der Waals surface area contributed by atoms with Crippen molar-refractivity contribution in [2.24, 2.45) is 5.73 Å². The maximum atomic E-state index is 12.9. The van der Waals surface area contributed by atoms with E-state index in [1.165, 1.54) is 0 Å². The van der Waals surface area contributed by atoms with Crippen LogP contribution in [-0.2, 0) is 16.0 Å². The van der Waals surface area contributed by atoms with Crippen LogP contribution in [0.4, 0.5) is 13.2 Å². The summed E-state index contributed by atoms with van der Waals surface area (Å²) in [6.07, 6.45) is -2.93. The van der Waals surface area contributed by atoms with Crippen molar-refractivity contribution in [2.45, 2.75) is 18.9 Å². The molecule has 0 bridgehead atoms. The number of halogens is 3. The number of nitrogens with two attached hydrogens (primary N) is 1. The van der Waals surface area contributed by atoms with Gasteiger partial charge in [0.25, 0.3) is 6.43 Å². The van der Waals surface area contributed by atoms with E-state index in [-0.39, 0.29) is 17.5 Å². The molecule has 2 N–H and O–H groups in total. The van der Waals surface area contributed by atoms with Crippen LogP contribution in [0.3, 0.4) is 0 Å². The molecule has 0 unspecified atom stereocenters. The Morgan fingerprint density at radius 3 is 2.65 bits per heavy atom. The van der Waals surface area contributed by atoms with Gasteiger partial charge >= 0.3 is 5.97 Å². The van der Waals surface area contributed by atoms with Gasteiger partial charge in [-0.1, -0.05) is 6.07 Å². The van der Waals surface area contributed by atoms with E-state index < -0.39 is 24.3 Å². The number of alkyl halides is 2. The zero-order valence-corrected chi connectivity index (χ0v) is 9.12. The summed E-state index contributed by atoms with van der Waals surface area (Å²) in [7, 11) is 1.14. The predicted molar refractivity (Wildman–Crippen MR) is 55.1 cm³/mol. The van der Waals surface area contributed by atoms with Gasteiger partial charge in [0, 0.05) is 5.56 Å². The Hall–Kier alpha value is -1.56. The van der Waals surface area contributed by atoms with Crippen molar-refractivity contribution in [3.63, 3.8) is 0 Å². The van der Waals surface area contributed by atoms with Gasteiger partial charge in [-0.05, 0) is 24.1 Å². The SMILES string of the molecule is COC(=O)[C@H](N)Cc1cc(F)ccc1C(F)F. The number of hydrogen-bond donors (Lipinski definition) is 1. The second kappa shape index (κ2) is 5.67. The molecule has 0 fully saturated rings. The maximum Gasteiger partial charge on any atom is 0.322 e. The minimum Gasteiger partial charge on any atom is -0.468 e. The fourth-order valence-corrected chi connectivity index (χ4v) is 1.44. The Kier molecular flexibility index (Phi) is 4.51. The fourth-order valence-electron chi connectivity index (χ4n) is 1.44. The smallest absolute Gasteiger partial charge is 0.322 e. The van der Waals surface area contributed by atoms with Crippen LogP contribution in [0.1, 0.15) is 17.6 Å². The summed E-state index contributed by atoms with van der Waals surface area (Å²) in [5.74, 6) is -1.38. The summed E-state index contributed by atoms with van der Waals surface area (Å²) >= 11 is 0. The maximum absolute atomic E-state index is 12.9. The molecule has 94 valence electrons. The third-order valence-electron chi connectivity index (χ3n) is 2.28. The minimum atomic E-state index is -2.74. The van der Waals surface area contributed by atoms with Gasteiger partial charge in [0.05, 0.1) is 7.11 Å². The molecule has 0 heterocycles. The predicted octanol–water partition coefficient (Wildman–Crippen LogP) is 1.81. The van der Waals surface area contributed by atoms with Crippen molar-refractivity contribution in [2.75, 3.05) is 7.11 Å². The first-order chi connectivity index (χ1) is 7.95. The van der Waals surface area contributed by atoms with Gasteiger partial charge in [0.2, 0.25) is 0 Å². The van der Waals surface area contributed by atoms with E-state index in [1.807, 2.05) is 0 Å². The molecule has 6 heteroatoms. The molecule has 17 heavy (non-hydrogen) atoms. The summed E-state index contributed by atoms with van der Waals surface area (Å²) in [5, 5.41) is 0. The standard InChI is InChI=1S/C11H12F3NO2/c1-17-11(16)9(15)5-6-4-7(12)2-3-8(6)10(13)14/h2-4,9-10H,5,15H2,1H3/t9-/m1/s1. The Balaban J connectivity index is 2.96. The lowest BCUT2D eigenvalue weighted by molar-refractivity contribution is -0.142. The van der Waals surface area contributed by atoms with Crippen LogP contribution >= 0.6 is 0 Å².